The summed E-state index contributed by atoms with van der Waals surface area (Å²) in [5.41, 5.74) is 6.31. The van der Waals surface area contributed by atoms with E-state index in [2.05, 4.69) is 0 Å². The minimum Gasteiger partial charge on any atom is -0.377 e. The molecule has 2 atom stereocenters. The van der Waals surface area contributed by atoms with Crippen LogP contribution in [0.1, 0.15) is 25.7 Å². The SMILES string of the molecule is CO[Si](OC)(OC)C1CCCC(N)C1. The van der Waals surface area contributed by atoms with Crippen molar-refractivity contribution in [3.8, 4) is 0 Å². The first-order chi connectivity index (χ1) is 6.68. The highest BCUT2D eigenvalue weighted by Gasteiger charge is 2.48. The monoisotopic (exact) mass is 219 g/mol. The van der Waals surface area contributed by atoms with E-state index in [1.54, 1.807) is 21.3 Å². The molecular weight excluding hydrogens is 198 g/mol. The standard InChI is InChI=1S/C9H21NO3Si/c1-11-14(12-2,13-3)9-6-4-5-8(10)7-9/h8-9H,4-7,10H2,1-3H3. The fraction of sp³-hybridized carbons (Fsp3) is 1.00. The van der Waals surface area contributed by atoms with Crippen LogP contribution in [0.15, 0.2) is 0 Å². The fourth-order valence-electron chi connectivity index (χ4n) is 2.30. The molecule has 1 aliphatic carbocycles. The van der Waals surface area contributed by atoms with Crippen molar-refractivity contribution < 1.29 is 13.3 Å². The molecule has 0 radical (unpaired) electrons. The first-order valence-corrected chi connectivity index (χ1v) is 6.89. The van der Waals surface area contributed by atoms with Gasteiger partial charge in [-0.1, -0.05) is 6.42 Å². The minimum atomic E-state index is -2.44. The van der Waals surface area contributed by atoms with Gasteiger partial charge in [0, 0.05) is 32.9 Å². The maximum absolute atomic E-state index is 5.94. The third kappa shape index (κ3) is 2.35. The van der Waals surface area contributed by atoms with Crippen molar-refractivity contribution in [1.82, 2.24) is 0 Å². The van der Waals surface area contributed by atoms with E-state index in [1.807, 2.05) is 0 Å². The lowest BCUT2D eigenvalue weighted by molar-refractivity contribution is 0.103. The van der Waals surface area contributed by atoms with E-state index in [0.717, 1.165) is 25.7 Å². The first kappa shape index (κ1) is 12.1. The summed E-state index contributed by atoms with van der Waals surface area (Å²) in [4.78, 5) is 0. The molecule has 0 saturated heterocycles. The van der Waals surface area contributed by atoms with Gasteiger partial charge < -0.3 is 19.0 Å². The molecule has 0 heterocycles. The largest absolute Gasteiger partial charge is 0.503 e. The number of nitrogens with two attached hydrogens (primary N) is 1. The summed E-state index contributed by atoms with van der Waals surface area (Å²) in [6.07, 6.45) is 4.33. The Morgan fingerprint density at radius 1 is 1.07 bits per heavy atom. The van der Waals surface area contributed by atoms with Crippen LogP contribution in [0.4, 0.5) is 0 Å². The molecule has 2 N–H and O–H groups in total. The highest BCUT2D eigenvalue weighted by atomic mass is 28.4. The fourth-order valence-corrected chi connectivity index (χ4v) is 4.95. The van der Waals surface area contributed by atoms with Gasteiger partial charge in [0.2, 0.25) is 0 Å². The van der Waals surface area contributed by atoms with E-state index < -0.39 is 8.80 Å². The molecule has 84 valence electrons. The van der Waals surface area contributed by atoms with Crippen molar-refractivity contribution in [2.45, 2.75) is 37.3 Å². The summed E-state index contributed by atoms with van der Waals surface area (Å²) in [6.45, 7) is 0. The van der Waals surface area contributed by atoms with Gasteiger partial charge in [0.25, 0.3) is 0 Å². The van der Waals surface area contributed by atoms with E-state index in [-0.39, 0.29) is 6.04 Å². The van der Waals surface area contributed by atoms with Gasteiger partial charge in [0.15, 0.2) is 0 Å². The molecule has 0 aromatic carbocycles. The second-order valence-electron chi connectivity index (χ2n) is 3.84. The van der Waals surface area contributed by atoms with Crippen LogP contribution in [0.5, 0.6) is 0 Å². The third-order valence-corrected chi connectivity index (χ3v) is 6.30. The smallest absolute Gasteiger partial charge is 0.377 e. The zero-order valence-corrected chi connectivity index (χ0v) is 10.3. The summed E-state index contributed by atoms with van der Waals surface area (Å²) in [5, 5.41) is 0. The molecule has 1 rings (SSSR count). The molecule has 2 unspecified atom stereocenters. The second kappa shape index (κ2) is 5.23. The Bertz CT molecular complexity index is 167. The second-order valence-corrected chi connectivity index (χ2v) is 7.09. The maximum Gasteiger partial charge on any atom is 0.503 e. The van der Waals surface area contributed by atoms with Gasteiger partial charge in [-0.05, 0) is 19.3 Å². The lowest BCUT2D eigenvalue weighted by Gasteiger charge is -2.36. The zero-order chi connectivity index (χ0) is 10.6. The van der Waals surface area contributed by atoms with Gasteiger partial charge >= 0.3 is 8.80 Å². The topological polar surface area (TPSA) is 53.7 Å². The van der Waals surface area contributed by atoms with Crippen molar-refractivity contribution in [1.29, 1.82) is 0 Å². The summed E-state index contributed by atoms with van der Waals surface area (Å²) in [7, 11) is 2.56. The van der Waals surface area contributed by atoms with Crippen molar-refractivity contribution in [3.05, 3.63) is 0 Å². The summed E-state index contributed by atoms with van der Waals surface area (Å²) in [5.74, 6) is 0. The Balaban J connectivity index is 2.66. The molecule has 0 aromatic rings. The normalized spacial score (nSPS) is 29.1. The van der Waals surface area contributed by atoms with Crippen molar-refractivity contribution in [2.24, 2.45) is 5.73 Å². The predicted octanol–water partition coefficient (Wildman–Crippen LogP) is 1.14. The Kier molecular flexibility index (Phi) is 4.53. The van der Waals surface area contributed by atoms with Crippen LogP contribution in [0, 0.1) is 0 Å². The summed E-state index contributed by atoms with van der Waals surface area (Å²) >= 11 is 0. The Morgan fingerprint density at radius 3 is 2.07 bits per heavy atom. The molecule has 0 bridgehead atoms. The van der Waals surface area contributed by atoms with E-state index in [1.165, 1.54) is 0 Å². The maximum atomic E-state index is 5.94. The van der Waals surface area contributed by atoms with Gasteiger partial charge in [-0.3, -0.25) is 0 Å². The van der Waals surface area contributed by atoms with E-state index >= 15 is 0 Å². The van der Waals surface area contributed by atoms with E-state index in [0.29, 0.717) is 5.54 Å². The van der Waals surface area contributed by atoms with Gasteiger partial charge in [-0.15, -0.1) is 0 Å². The molecule has 1 saturated carbocycles. The Morgan fingerprint density at radius 2 is 1.64 bits per heavy atom. The van der Waals surface area contributed by atoms with E-state index in [4.69, 9.17) is 19.0 Å². The van der Waals surface area contributed by atoms with Crippen LogP contribution in [0.2, 0.25) is 5.54 Å². The molecule has 1 fully saturated rings. The van der Waals surface area contributed by atoms with Gasteiger partial charge in [0.05, 0.1) is 0 Å². The lowest BCUT2D eigenvalue weighted by Crippen LogP contribution is -2.50. The molecule has 4 nitrogen and oxygen atoms in total. The Hall–Kier alpha value is 0.0569. The highest BCUT2D eigenvalue weighted by Crippen LogP contribution is 2.37. The van der Waals surface area contributed by atoms with Crippen LogP contribution in [-0.2, 0) is 13.3 Å². The first-order valence-electron chi connectivity index (χ1n) is 5.09. The van der Waals surface area contributed by atoms with Gasteiger partial charge in [0.1, 0.15) is 0 Å². The molecule has 0 amide bonds. The lowest BCUT2D eigenvalue weighted by atomic mass is 9.96. The predicted molar refractivity (Wildman–Crippen MR) is 57.0 cm³/mol. The molecule has 0 aromatic heterocycles. The number of hydrogen-bond donors (Lipinski definition) is 1. The summed E-state index contributed by atoms with van der Waals surface area (Å²) < 4.78 is 16.4. The van der Waals surface area contributed by atoms with Gasteiger partial charge in [-0.25, -0.2) is 0 Å². The summed E-state index contributed by atoms with van der Waals surface area (Å²) in [6, 6.07) is 0.279. The molecule has 14 heavy (non-hydrogen) atoms. The van der Waals surface area contributed by atoms with Gasteiger partial charge in [-0.2, -0.15) is 0 Å². The quantitative estimate of drug-likeness (QED) is 0.720. The van der Waals surface area contributed by atoms with Crippen LogP contribution < -0.4 is 5.73 Å². The molecule has 5 heteroatoms. The minimum absolute atomic E-state index is 0.279. The van der Waals surface area contributed by atoms with E-state index in [9.17, 15) is 0 Å². The Labute approximate surface area is 87.1 Å². The van der Waals surface area contributed by atoms with Crippen molar-refractivity contribution in [2.75, 3.05) is 21.3 Å². The molecule has 0 spiro atoms. The van der Waals surface area contributed by atoms with Crippen LogP contribution in [-0.4, -0.2) is 36.2 Å². The van der Waals surface area contributed by atoms with Crippen molar-refractivity contribution in [3.63, 3.8) is 0 Å². The average molecular weight is 219 g/mol. The average Bonchev–Trinajstić information content (AvgIpc) is 2.22. The zero-order valence-electron chi connectivity index (χ0n) is 9.29. The number of hydrogen-bond acceptors (Lipinski definition) is 4. The van der Waals surface area contributed by atoms with Crippen LogP contribution in [0.25, 0.3) is 0 Å². The molecule has 1 aliphatic rings. The third-order valence-electron chi connectivity index (χ3n) is 3.07. The van der Waals surface area contributed by atoms with Crippen LogP contribution in [0.3, 0.4) is 0 Å². The molecular formula is C9H21NO3Si. The van der Waals surface area contributed by atoms with Crippen LogP contribution >= 0.6 is 0 Å². The van der Waals surface area contributed by atoms with Crippen molar-refractivity contribution >= 4 is 8.80 Å². The highest BCUT2D eigenvalue weighted by molar-refractivity contribution is 6.62. The number of rotatable bonds is 4. The molecule has 0 aliphatic heterocycles.